The molecule has 2 aliphatic heterocycles. The molecule has 0 amide bonds. The number of hydrogen-bond donors (Lipinski definition) is 1. The lowest BCUT2D eigenvalue weighted by Gasteiger charge is -2.23. The topological polar surface area (TPSA) is 51.0 Å². The summed E-state index contributed by atoms with van der Waals surface area (Å²) in [5.74, 6) is 0. The predicted molar refractivity (Wildman–Crippen MR) is 115 cm³/mol. The molecule has 2 heterocycles. The van der Waals surface area contributed by atoms with E-state index >= 15 is 0 Å². The number of hydrogen-bond acceptors (Lipinski definition) is 4. The van der Waals surface area contributed by atoms with Crippen LogP contribution in [0.5, 0.6) is 0 Å². The Balaban J connectivity index is 1.66. The largest absolute Gasteiger partial charge is 0.492 e. The Morgan fingerprint density at radius 1 is 1.15 bits per heavy atom. The van der Waals surface area contributed by atoms with Gasteiger partial charge in [-0.2, -0.15) is 0 Å². The van der Waals surface area contributed by atoms with E-state index in [1.165, 1.54) is 0 Å². The highest BCUT2D eigenvalue weighted by molar-refractivity contribution is 9.11. The molecule has 4 rings (SSSR count). The Morgan fingerprint density at radius 3 is 2.48 bits per heavy atom. The SMILES string of the molecule is CC1(C)OB(O)c2ccc(C3=NOC(C)(c4cc(Br)c(Cl)c(Br)c4)C3)cc21. The normalized spacial score (nSPS) is 23.2. The standard InChI is InChI=1S/C19H17BBr2ClNO3/c1-18(2)12-6-10(4-5-13(12)20(25)26-18)16-9-19(3,27-24-16)11-7-14(21)17(23)15(22)8-11/h4-8,25H,9H2,1-3H3. The second-order valence-corrected chi connectivity index (χ2v) is 9.66. The molecule has 1 atom stereocenters. The fourth-order valence-electron chi connectivity index (χ4n) is 3.59. The van der Waals surface area contributed by atoms with E-state index in [-0.39, 0.29) is 0 Å². The van der Waals surface area contributed by atoms with Crippen LogP contribution in [0.25, 0.3) is 0 Å². The van der Waals surface area contributed by atoms with E-state index < -0.39 is 18.3 Å². The number of benzene rings is 2. The summed E-state index contributed by atoms with van der Waals surface area (Å²) in [6, 6.07) is 9.81. The summed E-state index contributed by atoms with van der Waals surface area (Å²) >= 11 is 13.2. The minimum atomic E-state index is -0.889. The Bertz CT molecular complexity index is 958. The smallest absolute Gasteiger partial charge is 0.423 e. The van der Waals surface area contributed by atoms with Gasteiger partial charge in [-0.15, -0.1) is 0 Å². The van der Waals surface area contributed by atoms with E-state index in [1.54, 1.807) is 0 Å². The maximum absolute atomic E-state index is 10.1. The van der Waals surface area contributed by atoms with Crippen molar-refractivity contribution in [1.29, 1.82) is 0 Å². The Morgan fingerprint density at radius 2 is 1.81 bits per heavy atom. The Kier molecular flexibility index (Phi) is 4.75. The van der Waals surface area contributed by atoms with Gasteiger partial charge in [0, 0.05) is 20.9 Å². The van der Waals surface area contributed by atoms with Gasteiger partial charge in [-0.1, -0.05) is 28.9 Å². The van der Waals surface area contributed by atoms with Gasteiger partial charge in [0.05, 0.1) is 16.3 Å². The van der Waals surface area contributed by atoms with Crippen molar-refractivity contribution in [3.8, 4) is 0 Å². The van der Waals surface area contributed by atoms with Crippen LogP contribution in [0.1, 0.15) is 43.9 Å². The predicted octanol–water partition coefficient (Wildman–Crippen LogP) is 4.86. The van der Waals surface area contributed by atoms with Crippen molar-refractivity contribution in [3.05, 3.63) is 61.0 Å². The summed E-state index contributed by atoms with van der Waals surface area (Å²) in [7, 11) is -0.889. The second kappa shape index (κ2) is 6.60. The molecule has 4 nitrogen and oxygen atoms in total. The molecule has 27 heavy (non-hydrogen) atoms. The first-order valence-electron chi connectivity index (χ1n) is 8.51. The van der Waals surface area contributed by atoms with Crippen molar-refractivity contribution in [2.45, 2.75) is 38.4 Å². The minimum absolute atomic E-state index is 0.542. The summed E-state index contributed by atoms with van der Waals surface area (Å²) < 4.78 is 7.25. The first kappa shape index (κ1) is 19.5. The van der Waals surface area contributed by atoms with Gasteiger partial charge >= 0.3 is 7.12 Å². The summed E-state index contributed by atoms with van der Waals surface area (Å²) in [6.45, 7) is 5.91. The van der Waals surface area contributed by atoms with Crippen LogP contribution < -0.4 is 5.46 Å². The molecule has 0 fully saturated rings. The lowest BCUT2D eigenvalue weighted by Crippen LogP contribution is -2.28. The first-order valence-corrected chi connectivity index (χ1v) is 10.5. The monoisotopic (exact) mass is 511 g/mol. The molecule has 140 valence electrons. The van der Waals surface area contributed by atoms with E-state index in [0.29, 0.717) is 11.4 Å². The lowest BCUT2D eigenvalue weighted by atomic mass is 9.77. The van der Waals surface area contributed by atoms with Crippen molar-refractivity contribution >= 4 is 61.8 Å². The van der Waals surface area contributed by atoms with Crippen molar-refractivity contribution < 1.29 is 14.5 Å². The van der Waals surface area contributed by atoms with Gasteiger partial charge in [-0.05, 0) is 87.4 Å². The zero-order valence-corrected chi connectivity index (χ0v) is 18.9. The summed E-state index contributed by atoms with van der Waals surface area (Å²) in [6.07, 6.45) is 0.621. The van der Waals surface area contributed by atoms with E-state index in [4.69, 9.17) is 21.1 Å². The van der Waals surface area contributed by atoms with E-state index in [0.717, 1.165) is 36.8 Å². The molecule has 1 N–H and O–H groups in total. The molecule has 0 saturated carbocycles. The zero-order chi connectivity index (χ0) is 19.6. The van der Waals surface area contributed by atoms with Gasteiger partial charge in [0.1, 0.15) is 0 Å². The van der Waals surface area contributed by atoms with Crippen molar-refractivity contribution in [2.75, 3.05) is 0 Å². The van der Waals surface area contributed by atoms with Crippen LogP contribution in [0.2, 0.25) is 5.02 Å². The van der Waals surface area contributed by atoms with Crippen LogP contribution in [-0.2, 0) is 20.7 Å². The molecule has 0 aromatic heterocycles. The molecule has 2 aromatic carbocycles. The van der Waals surface area contributed by atoms with Crippen LogP contribution in [-0.4, -0.2) is 17.9 Å². The van der Waals surface area contributed by atoms with Crippen LogP contribution in [0.3, 0.4) is 0 Å². The molecule has 0 spiro atoms. The molecule has 0 radical (unpaired) electrons. The highest BCUT2D eigenvalue weighted by atomic mass is 79.9. The lowest BCUT2D eigenvalue weighted by molar-refractivity contribution is -0.00746. The summed E-state index contributed by atoms with van der Waals surface area (Å²) in [4.78, 5) is 5.86. The van der Waals surface area contributed by atoms with E-state index in [1.807, 2.05) is 51.1 Å². The molecule has 0 saturated heterocycles. The molecule has 2 aliphatic rings. The van der Waals surface area contributed by atoms with Gasteiger partial charge < -0.3 is 14.5 Å². The maximum Gasteiger partial charge on any atom is 0.492 e. The fourth-order valence-corrected chi connectivity index (χ4v) is 4.88. The van der Waals surface area contributed by atoms with E-state index in [2.05, 4.69) is 37.0 Å². The number of rotatable bonds is 2. The molecule has 2 aromatic rings. The molecule has 8 heteroatoms. The zero-order valence-electron chi connectivity index (χ0n) is 15.0. The minimum Gasteiger partial charge on any atom is -0.423 e. The Hall–Kier alpha value is -0.855. The van der Waals surface area contributed by atoms with Crippen LogP contribution >= 0.6 is 43.5 Å². The number of fused-ring (bicyclic) bond motifs is 1. The molecular weight excluding hydrogens is 496 g/mol. The van der Waals surface area contributed by atoms with Crippen molar-refractivity contribution in [2.24, 2.45) is 5.16 Å². The average molecular weight is 513 g/mol. The van der Waals surface area contributed by atoms with Gasteiger partial charge in [-0.25, -0.2) is 0 Å². The Labute approximate surface area is 180 Å². The van der Waals surface area contributed by atoms with Crippen LogP contribution in [0.15, 0.2) is 44.4 Å². The van der Waals surface area contributed by atoms with Crippen LogP contribution in [0.4, 0.5) is 0 Å². The third-order valence-electron chi connectivity index (χ3n) is 5.16. The number of halogens is 3. The van der Waals surface area contributed by atoms with Gasteiger partial charge in [0.2, 0.25) is 0 Å². The van der Waals surface area contributed by atoms with Gasteiger partial charge in [-0.3, -0.25) is 0 Å². The summed E-state index contributed by atoms with van der Waals surface area (Å²) in [5, 5.41) is 15.1. The highest BCUT2D eigenvalue weighted by Crippen LogP contribution is 2.41. The highest BCUT2D eigenvalue weighted by Gasteiger charge is 2.42. The molecule has 1 unspecified atom stereocenters. The maximum atomic E-state index is 10.1. The second-order valence-electron chi connectivity index (χ2n) is 7.57. The van der Waals surface area contributed by atoms with Crippen molar-refractivity contribution in [3.63, 3.8) is 0 Å². The third kappa shape index (κ3) is 3.27. The average Bonchev–Trinajstić information content (AvgIpc) is 3.11. The molecule has 0 aliphatic carbocycles. The third-order valence-corrected chi connectivity index (χ3v) is 7.28. The number of oxime groups is 1. The number of nitrogens with zero attached hydrogens (tertiary/aromatic N) is 1. The van der Waals surface area contributed by atoms with Crippen molar-refractivity contribution in [1.82, 2.24) is 0 Å². The van der Waals surface area contributed by atoms with Crippen LogP contribution in [0, 0.1) is 0 Å². The molecular formula is C19H17BBr2ClNO3. The quantitative estimate of drug-likeness (QED) is 0.461. The fraction of sp³-hybridized carbons (Fsp3) is 0.316. The van der Waals surface area contributed by atoms with E-state index in [9.17, 15) is 5.02 Å². The van der Waals surface area contributed by atoms with Gasteiger partial charge in [0.15, 0.2) is 5.60 Å². The van der Waals surface area contributed by atoms with Gasteiger partial charge in [0.25, 0.3) is 0 Å². The summed E-state index contributed by atoms with van der Waals surface area (Å²) in [5.41, 5.74) is 3.45. The first-order chi connectivity index (χ1) is 12.6. The molecule has 0 bridgehead atoms.